The Bertz CT molecular complexity index is 460. The zero-order valence-electron chi connectivity index (χ0n) is 11.0. The van der Waals surface area contributed by atoms with Crippen LogP contribution in [0.4, 0.5) is 8.78 Å². The van der Waals surface area contributed by atoms with Gasteiger partial charge in [0.1, 0.15) is 11.6 Å². The molecule has 0 saturated carbocycles. The maximum atomic E-state index is 12.7. The minimum Gasteiger partial charge on any atom is -0.207 e. The van der Waals surface area contributed by atoms with Gasteiger partial charge in [0.15, 0.2) is 0 Å². The van der Waals surface area contributed by atoms with Crippen LogP contribution in [-0.4, -0.2) is 11.5 Å². The maximum Gasteiger partial charge on any atom is 0.123 e. The molecule has 0 aliphatic rings. The van der Waals surface area contributed by atoms with Crippen molar-refractivity contribution >= 4 is 23.5 Å². The van der Waals surface area contributed by atoms with Crippen molar-refractivity contribution in [1.29, 1.82) is 0 Å². The third-order valence-corrected chi connectivity index (χ3v) is 5.05. The van der Waals surface area contributed by atoms with E-state index in [-0.39, 0.29) is 11.6 Å². The maximum absolute atomic E-state index is 12.7. The van der Waals surface area contributed by atoms with E-state index >= 15 is 0 Å². The average molecular weight is 310 g/mol. The molecule has 0 fully saturated rings. The summed E-state index contributed by atoms with van der Waals surface area (Å²) in [6, 6.07) is 13.3. The summed E-state index contributed by atoms with van der Waals surface area (Å²) in [5.74, 6) is 3.57. The van der Waals surface area contributed by atoms with Crippen LogP contribution in [0.1, 0.15) is 11.1 Å². The zero-order valence-corrected chi connectivity index (χ0v) is 12.7. The van der Waals surface area contributed by atoms with E-state index < -0.39 is 0 Å². The quantitative estimate of drug-likeness (QED) is 0.650. The van der Waals surface area contributed by atoms with Gasteiger partial charge in [-0.1, -0.05) is 24.3 Å². The van der Waals surface area contributed by atoms with Crippen LogP contribution >= 0.6 is 23.5 Å². The summed E-state index contributed by atoms with van der Waals surface area (Å²) in [6.07, 6.45) is 0. The molecular formula is C16H16F2S2. The second-order valence-electron chi connectivity index (χ2n) is 4.36. The van der Waals surface area contributed by atoms with Crippen molar-refractivity contribution in [2.75, 3.05) is 11.5 Å². The van der Waals surface area contributed by atoms with E-state index in [1.54, 1.807) is 0 Å². The SMILES string of the molecule is Fc1ccc(CSCCSCc2ccc(F)cc2)cc1. The van der Waals surface area contributed by atoms with Crippen LogP contribution in [0.5, 0.6) is 0 Å². The minimum atomic E-state index is -0.186. The van der Waals surface area contributed by atoms with Crippen molar-refractivity contribution in [1.82, 2.24) is 0 Å². The molecule has 0 heterocycles. The van der Waals surface area contributed by atoms with Crippen molar-refractivity contribution in [3.05, 3.63) is 71.3 Å². The van der Waals surface area contributed by atoms with Crippen molar-refractivity contribution < 1.29 is 8.78 Å². The van der Waals surface area contributed by atoms with Crippen molar-refractivity contribution in [2.45, 2.75) is 11.5 Å². The van der Waals surface area contributed by atoms with E-state index in [0.717, 1.165) is 34.1 Å². The molecule has 0 nitrogen and oxygen atoms in total. The Morgan fingerprint density at radius 3 is 1.30 bits per heavy atom. The summed E-state index contributed by atoms with van der Waals surface area (Å²) in [7, 11) is 0. The second-order valence-corrected chi connectivity index (χ2v) is 6.57. The Balaban J connectivity index is 1.57. The molecule has 2 rings (SSSR count). The van der Waals surface area contributed by atoms with E-state index in [1.807, 2.05) is 47.8 Å². The van der Waals surface area contributed by atoms with E-state index in [1.165, 1.54) is 24.3 Å². The van der Waals surface area contributed by atoms with Crippen LogP contribution in [0.25, 0.3) is 0 Å². The molecule has 0 N–H and O–H groups in total. The Morgan fingerprint density at radius 1 is 0.600 bits per heavy atom. The molecule has 0 aromatic heterocycles. The van der Waals surface area contributed by atoms with Gasteiger partial charge in [-0.2, -0.15) is 23.5 Å². The van der Waals surface area contributed by atoms with Gasteiger partial charge in [-0.15, -0.1) is 0 Å². The van der Waals surface area contributed by atoms with Gasteiger partial charge in [0.05, 0.1) is 0 Å². The molecule has 4 heteroatoms. The third kappa shape index (κ3) is 5.55. The second kappa shape index (κ2) is 8.32. The molecule has 0 saturated heterocycles. The summed E-state index contributed by atoms with van der Waals surface area (Å²) < 4.78 is 25.5. The summed E-state index contributed by atoms with van der Waals surface area (Å²) in [6.45, 7) is 0. The van der Waals surface area contributed by atoms with Gasteiger partial charge >= 0.3 is 0 Å². The van der Waals surface area contributed by atoms with Crippen molar-refractivity contribution in [3.63, 3.8) is 0 Å². The van der Waals surface area contributed by atoms with Crippen LogP contribution < -0.4 is 0 Å². The van der Waals surface area contributed by atoms with E-state index in [0.29, 0.717) is 0 Å². The molecule has 106 valence electrons. The Morgan fingerprint density at radius 2 is 0.950 bits per heavy atom. The number of halogens is 2. The lowest BCUT2D eigenvalue weighted by molar-refractivity contribution is 0.627. The number of thioether (sulfide) groups is 2. The van der Waals surface area contributed by atoms with Crippen LogP contribution in [0.2, 0.25) is 0 Å². The van der Waals surface area contributed by atoms with E-state index in [9.17, 15) is 8.78 Å². The third-order valence-electron chi connectivity index (χ3n) is 2.74. The highest BCUT2D eigenvalue weighted by Crippen LogP contribution is 2.17. The lowest BCUT2D eigenvalue weighted by atomic mass is 10.2. The van der Waals surface area contributed by atoms with E-state index in [4.69, 9.17) is 0 Å². The molecule has 0 bridgehead atoms. The van der Waals surface area contributed by atoms with Gasteiger partial charge < -0.3 is 0 Å². The molecule has 0 spiro atoms. The zero-order chi connectivity index (χ0) is 14.2. The fourth-order valence-electron chi connectivity index (χ4n) is 1.66. The number of hydrogen-bond acceptors (Lipinski definition) is 2. The van der Waals surface area contributed by atoms with Gasteiger partial charge in [-0.3, -0.25) is 0 Å². The fourth-order valence-corrected chi connectivity index (χ4v) is 3.75. The van der Waals surface area contributed by atoms with Crippen LogP contribution in [-0.2, 0) is 11.5 Å². The van der Waals surface area contributed by atoms with Crippen LogP contribution in [0.15, 0.2) is 48.5 Å². The molecule has 2 aromatic carbocycles. The lowest BCUT2D eigenvalue weighted by Gasteiger charge is -2.03. The first-order valence-electron chi connectivity index (χ1n) is 6.38. The molecule has 0 amide bonds. The summed E-state index contributed by atoms with van der Waals surface area (Å²) >= 11 is 3.69. The van der Waals surface area contributed by atoms with Gasteiger partial charge in [-0.25, -0.2) is 8.78 Å². The Labute approximate surface area is 127 Å². The van der Waals surface area contributed by atoms with Gasteiger partial charge in [-0.05, 0) is 35.4 Å². The average Bonchev–Trinajstić information content (AvgIpc) is 2.46. The monoisotopic (exact) mass is 310 g/mol. The van der Waals surface area contributed by atoms with Crippen molar-refractivity contribution in [3.8, 4) is 0 Å². The first-order valence-corrected chi connectivity index (χ1v) is 8.69. The highest BCUT2D eigenvalue weighted by molar-refractivity contribution is 8.02. The van der Waals surface area contributed by atoms with Crippen molar-refractivity contribution in [2.24, 2.45) is 0 Å². The smallest absolute Gasteiger partial charge is 0.123 e. The summed E-state index contributed by atoms with van der Waals surface area (Å²) in [5.41, 5.74) is 2.31. The van der Waals surface area contributed by atoms with Crippen LogP contribution in [0.3, 0.4) is 0 Å². The standard InChI is InChI=1S/C16H16F2S2/c17-15-5-1-13(2-6-15)11-19-9-10-20-12-14-3-7-16(18)8-4-14/h1-8H,9-12H2. The molecule has 0 aliphatic carbocycles. The minimum absolute atomic E-state index is 0.186. The Hall–Kier alpha value is -1.00. The number of hydrogen-bond donors (Lipinski definition) is 0. The molecule has 0 atom stereocenters. The largest absolute Gasteiger partial charge is 0.207 e. The summed E-state index contributed by atoms with van der Waals surface area (Å²) in [4.78, 5) is 0. The fraction of sp³-hybridized carbons (Fsp3) is 0.250. The Kier molecular flexibility index (Phi) is 6.40. The van der Waals surface area contributed by atoms with E-state index in [2.05, 4.69) is 0 Å². The van der Waals surface area contributed by atoms with Gasteiger partial charge in [0, 0.05) is 23.0 Å². The van der Waals surface area contributed by atoms with Crippen LogP contribution in [0, 0.1) is 11.6 Å². The topological polar surface area (TPSA) is 0 Å². The molecular weight excluding hydrogens is 294 g/mol. The van der Waals surface area contributed by atoms with Gasteiger partial charge in [0.2, 0.25) is 0 Å². The molecule has 0 unspecified atom stereocenters. The predicted molar refractivity (Wildman–Crippen MR) is 85.1 cm³/mol. The highest BCUT2D eigenvalue weighted by atomic mass is 32.2. The number of rotatable bonds is 7. The van der Waals surface area contributed by atoms with Gasteiger partial charge in [0.25, 0.3) is 0 Å². The first kappa shape index (κ1) is 15.4. The predicted octanol–water partition coefficient (Wildman–Crippen LogP) is 5.13. The lowest BCUT2D eigenvalue weighted by Crippen LogP contribution is -1.89. The molecule has 20 heavy (non-hydrogen) atoms. The number of benzene rings is 2. The highest BCUT2D eigenvalue weighted by Gasteiger charge is 1.97. The summed E-state index contributed by atoms with van der Waals surface area (Å²) in [5, 5.41) is 0. The molecule has 2 aromatic rings. The normalized spacial score (nSPS) is 10.7. The molecule has 0 radical (unpaired) electrons. The molecule has 0 aliphatic heterocycles. The first-order chi connectivity index (χ1) is 9.74.